The van der Waals surface area contributed by atoms with E-state index in [1.165, 1.54) is 25.0 Å². The Morgan fingerprint density at radius 2 is 2.12 bits per heavy atom. The van der Waals surface area contributed by atoms with E-state index in [9.17, 15) is 9.59 Å². The van der Waals surface area contributed by atoms with Crippen LogP contribution in [-0.2, 0) is 6.54 Å². The fraction of sp³-hybridized carbons (Fsp3) is 0.455. The van der Waals surface area contributed by atoms with E-state index >= 15 is 0 Å². The predicted octanol–water partition coefficient (Wildman–Crippen LogP) is 1.19. The van der Waals surface area contributed by atoms with Crippen LogP contribution < -0.4 is 10.6 Å². The first-order valence-electron chi connectivity index (χ1n) is 5.49. The molecule has 1 heterocycles. The van der Waals surface area contributed by atoms with Crippen LogP contribution in [0.15, 0.2) is 16.5 Å². The maximum atomic E-state index is 11.3. The average molecular weight is 238 g/mol. The lowest BCUT2D eigenvalue weighted by Gasteiger charge is -2.04. The molecule has 6 heteroatoms. The number of carboxylic acid groups (broad SMARTS) is 1. The first-order valence-corrected chi connectivity index (χ1v) is 5.49. The number of carboxylic acids is 1. The number of rotatable bonds is 5. The van der Waals surface area contributed by atoms with Gasteiger partial charge < -0.3 is 20.2 Å². The van der Waals surface area contributed by atoms with Crippen molar-refractivity contribution in [2.45, 2.75) is 19.4 Å². The van der Waals surface area contributed by atoms with Gasteiger partial charge in [-0.05, 0) is 30.9 Å². The number of hydrogen-bond acceptors (Lipinski definition) is 3. The minimum atomic E-state index is -1.12. The van der Waals surface area contributed by atoms with E-state index < -0.39 is 5.97 Å². The Hall–Kier alpha value is -1.98. The van der Waals surface area contributed by atoms with Crippen molar-refractivity contribution in [1.29, 1.82) is 0 Å². The number of carbonyl (C=O) groups excluding carboxylic acids is 1. The van der Waals surface area contributed by atoms with Crippen LogP contribution in [0.1, 0.15) is 29.2 Å². The van der Waals surface area contributed by atoms with Crippen molar-refractivity contribution >= 4 is 12.0 Å². The van der Waals surface area contributed by atoms with Crippen molar-refractivity contribution in [2.75, 3.05) is 6.54 Å². The highest BCUT2D eigenvalue weighted by atomic mass is 16.4. The molecular formula is C11H14N2O4. The van der Waals surface area contributed by atoms with Gasteiger partial charge in [-0.25, -0.2) is 9.59 Å². The van der Waals surface area contributed by atoms with Gasteiger partial charge in [-0.3, -0.25) is 0 Å². The van der Waals surface area contributed by atoms with Crippen molar-refractivity contribution < 1.29 is 19.1 Å². The molecule has 0 spiro atoms. The lowest BCUT2D eigenvalue weighted by Crippen LogP contribution is -2.36. The van der Waals surface area contributed by atoms with Gasteiger partial charge in [0.25, 0.3) is 0 Å². The molecule has 0 saturated heterocycles. The summed E-state index contributed by atoms with van der Waals surface area (Å²) in [5.41, 5.74) is 0. The Morgan fingerprint density at radius 3 is 2.71 bits per heavy atom. The summed E-state index contributed by atoms with van der Waals surface area (Å²) in [6, 6.07) is 2.64. The molecule has 0 aromatic carbocycles. The summed E-state index contributed by atoms with van der Waals surface area (Å²) in [6.45, 7) is 0.883. The molecule has 1 fully saturated rings. The minimum absolute atomic E-state index is 0.125. The van der Waals surface area contributed by atoms with Gasteiger partial charge in [0.15, 0.2) is 0 Å². The van der Waals surface area contributed by atoms with Crippen LogP contribution in [0.5, 0.6) is 0 Å². The molecule has 17 heavy (non-hydrogen) atoms. The van der Waals surface area contributed by atoms with Crippen LogP contribution in [0, 0.1) is 5.92 Å². The normalized spacial score (nSPS) is 14.4. The number of aromatic carboxylic acids is 1. The molecule has 0 radical (unpaired) electrons. The van der Waals surface area contributed by atoms with E-state index in [0.29, 0.717) is 18.2 Å². The van der Waals surface area contributed by atoms with E-state index in [2.05, 4.69) is 10.6 Å². The Balaban J connectivity index is 1.72. The molecule has 1 aromatic heterocycles. The Morgan fingerprint density at radius 1 is 1.35 bits per heavy atom. The zero-order chi connectivity index (χ0) is 12.3. The van der Waals surface area contributed by atoms with E-state index in [-0.39, 0.29) is 18.3 Å². The maximum Gasteiger partial charge on any atom is 0.371 e. The third-order valence-electron chi connectivity index (χ3n) is 2.54. The molecule has 0 bridgehead atoms. The molecule has 3 N–H and O–H groups in total. The lowest BCUT2D eigenvalue weighted by atomic mass is 10.4. The monoisotopic (exact) mass is 238 g/mol. The first-order chi connectivity index (χ1) is 8.15. The fourth-order valence-electron chi connectivity index (χ4n) is 1.38. The van der Waals surface area contributed by atoms with Crippen molar-refractivity contribution in [1.82, 2.24) is 10.6 Å². The lowest BCUT2D eigenvalue weighted by molar-refractivity contribution is 0.0660. The van der Waals surface area contributed by atoms with E-state index in [1.807, 2.05) is 0 Å². The van der Waals surface area contributed by atoms with Gasteiger partial charge in [0.1, 0.15) is 5.76 Å². The number of urea groups is 1. The zero-order valence-electron chi connectivity index (χ0n) is 9.23. The second-order valence-corrected chi connectivity index (χ2v) is 4.08. The van der Waals surface area contributed by atoms with Crippen molar-refractivity contribution in [2.24, 2.45) is 5.92 Å². The molecule has 1 aliphatic carbocycles. The van der Waals surface area contributed by atoms with Crippen LogP contribution in [0.3, 0.4) is 0 Å². The van der Waals surface area contributed by atoms with Crippen LogP contribution in [0.2, 0.25) is 0 Å². The third kappa shape index (κ3) is 3.51. The molecule has 0 atom stereocenters. The van der Waals surface area contributed by atoms with Gasteiger partial charge in [-0.1, -0.05) is 0 Å². The highest BCUT2D eigenvalue weighted by molar-refractivity contribution is 5.84. The Kier molecular flexibility index (Phi) is 3.32. The highest BCUT2D eigenvalue weighted by Gasteiger charge is 2.21. The number of nitrogens with one attached hydrogen (secondary N) is 2. The third-order valence-corrected chi connectivity index (χ3v) is 2.54. The van der Waals surface area contributed by atoms with Crippen molar-refractivity contribution in [3.05, 3.63) is 23.7 Å². The smallest absolute Gasteiger partial charge is 0.371 e. The van der Waals surface area contributed by atoms with Crippen molar-refractivity contribution in [3.8, 4) is 0 Å². The number of carbonyl (C=O) groups is 2. The SMILES string of the molecule is O=C(NCc1ccc(C(=O)O)o1)NCC1CC1. The summed E-state index contributed by atoms with van der Waals surface area (Å²) in [5, 5.41) is 14.0. The summed E-state index contributed by atoms with van der Waals surface area (Å²) in [6.07, 6.45) is 2.36. The summed E-state index contributed by atoms with van der Waals surface area (Å²) >= 11 is 0. The van der Waals surface area contributed by atoms with Gasteiger partial charge in [0, 0.05) is 6.54 Å². The topological polar surface area (TPSA) is 91.6 Å². The van der Waals surface area contributed by atoms with Gasteiger partial charge in [0.2, 0.25) is 5.76 Å². The summed E-state index contributed by atoms with van der Waals surface area (Å²) in [7, 11) is 0. The van der Waals surface area contributed by atoms with E-state index in [4.69, 9.17) is 9.52 Å². The first kappa shape index (κ1) is 11.5. The van der Waals surface area contributed by atoms with Crippen LogP contribution in [0.4, 0.5) is 4.79 Å². The zero-order valence-corrected chi connectivity index (χ0v) is 9.23. The fourth-order valence-corrected chi connectivity index (χ4v) is 1.38. The molecule has 0 aliphatic heterocycles. The Bertz CT molecular complexity index is 423. The molecule has 0 unspecified atom stereocenters. The quantitative estimate of drug-likeness (QED) is 0.718. The number of hydrogen-bond donors (Lipinski definition) is 3. The summed E-state index contributed by atoms with van der Waals surface area (Å²) in [5.74, 6) is -0.193. The predicted molar refractivity (Wildman–Crippen MR) is 58.6 cm³/mol. The molecule has 92 valence electrons. The molecule has 1 aliphatic rings. The minimum Gasteiger partial charge on any atom is -0.475 e. The second kappa shape index (κ2) is 4.90. The largest absolute Gasteiger partial charge is 0.475 e. The molecule has 6 nitrogen and oxygen atoms in total. The van der Waals surface area contributed by atoms with Crippen LogP contribution in [-0.4, -0.2) is 23.7 Å². The molecule has 2 rings (SSSR count). The van der Waals surface area contributed by atoms with Gasteiger partial charge in [0.05, 0.1) is 6.54 Å². The highest BCUT2D eigenvalue weighted by Crippen LogP contribution is 2.27. The van der Waals surface area contributed by atoms with Gasteiger partial charge in [-0.2, -0.15) is 0 Å². The molecule has 1 aromatic rings. The molecule has 2 amide bonds. The second-order valence-electron chi connectivity index (χ2n) is 4.08. The van der Waals surface area contributed by atoms with Crippen LogP contribution >= 0.6 is 0 Å². The Labute approximate surface area is 98.0 Å². The van der Waals surface area contributed by atoms with E-state index in [0.717, 1.165) is 0 Å². The van der Waals surface area contributed by atoms with Gasteiger partial charge >= 0.3 is 12.0 Å². The molecular weight excluding hydrogens is 224 g/mol. The summed E-state index contributed by atoms with van der Waals surface area (Å²) in [4.78, 5) is 21.9. The summed E-state index contributed by atoms with van der Waals surface area (Å²) < 4.78 is 4.99. The molecule has 1 saturated carbocycles. The number of amides is 2. The maximum absolute atomic E-state index is 11.3. The number of furan rings is 1. The standard InChI is InChI=1S/C11H14N2O4/c14-10(15)9-4-3-8(17-9)6-13-11(16)12-5-7-1-2-7/h3-4,7H,1-2,5-6H2,(H,14,15)(H2,12,13,16). The van der Waals surface area contributed by atoms with E-state index in [1.54, 1.807) is 0 Å². The average Bonchev–Trinajstić information content (AvgIpc) is 3.00. The van der Waals surface area contributed by atoms with Crippen LogP contribution in [0.25, 0.3) is 0 Å². The van der Waals surface area contributed by atoms with Crippen molar-refractivity contribution in [3.63, 3.8) is 0 Å². The van der Waals surface area contributed by atoms with Gasteiger partial charge in [-0.15, -0.1) is 0 Å².